The second-order valence-electron chi connectivity index (χ2n) is 5.29. The second kappa shape index (κ2) is 5.81. The summed E-state index contributed by atoms with van der Waals surface area (Å²) in [6.45, 7) is 1.17. The van der Waals surface area contributed by atoms with Crippen LogP contribution in [0, 0.1) is 0 Å². The molecule has 1 unspecified atom stereocenters. The van der Waals surface area contributed by atoms with Crippen molar-refractivity contribution < 1.29 is 13.9 Å². The van der Waals surface area contributed by atoms with Crippen molar-refractivity contribution in [1.29, 1.82) is 0 Å². The van der Waals surface area contributed by atoms with Crippen LogP contribution in [-0.2, 0) is 11.3 Å². The molecule has 1 atom stereocenters. The number of aldehydes is 1. The molecule has 1 N–H and O–H groups in total. The van der Waals surface area contributed by atoms with Gasteiger partial charge in [0, 0.05) is 6.61 Å². The van der Waals surface area contributed by atoms with Gasteiger partial charge < -0.3 is 14.5 Å². The summed E-state index contributed by atoms with van der Waals surface area (Å²) in [5.74, 6) is 1.57. The molecule has 0 aliphatic carbocycles. The Morgan fingerprint density at radius 3 is 3.09 bits per heavy atom. The van der Waals surface area contributed by atoms with E-state index in [-0.39, 0.29) is 6.23 Å². The molecule has 1 aliphatic heterocycles. The summed E-state index contributed by atoms with van der Waals surface area (Å²) in [7, 11) is 0. The number of imidazole rings is 1. The third-order valence-electron chi connectivity index (χ3n) is 3.80. The highest BCUT2D eigenvalue weighted by atomic mass is 16.5. The molecule has 3 aromatic rings. The Bertz CT molecular complexity index is 835. The van der Waals surface area contributed by atoms with Gasteiger partial charge in [-0.1, -0.05) is 0 Å². The molecular weight excluding hydrogens is 298 g/mol. The number of furan rings is 1. The van der Waals surface area contributed by atoms with Gasteiger partial charge in [-0.2, -0.15) is 0 Å². The maximum Gasteiger partial charge on any atom is 0.185 e. The van der Waals surface area contributed by atoms with E-state index >= 15 is 0 Å². The molecule has 0 aromatic carbocycles. The van der Waals surface area contributed by atoms with Crippen molar-refractivity contribution in [2.45, 2.75) is 25.6 Å². The number of anilines is 1. The highest BCUT2D eigenvalue weighted by molar-refractivity contribution is 5.82. The number of aromatic nitrogens is 4. The zero-order valence-corrected chi connectivity index (χ0v) is 12.3. The lowest BCUT2D eigenvalue weighted by atomic mass is 10.3. The summed E-state index contributed by atoms with van der Waals surface area (Å²) in [6, 6.07) is 3.38. The quantitative estimate of drug-likeness (QED) is 0.721. The summed E-state index contributed by atoms with van der Waals surface area (Å²) in [5, 5.41) is 3.17. The lowest BCUT2D eigenvalue weighted by Crippen LogP contribution is -2.07. The SMILES string of the molecule is O=Cc1ccc(CNc2ncnc3c2ncn3C2CCCO2)o1. The minimum absolute atomic E-state index is 0.0111. The highest BCUT2D eigenvalue weighted by Gasteiger charge is 2.21. The molecule has 0 saturated carbocycles. The van der Waals surface area contributed by atoms with Gasteiger partial charge in [0.1, 0.15) is 18.3 Å². The highest BCUT2D eigenvalue weighted by Crippen LogP contribution is 2.27. The number of nitrogens with zero attached hydrogens (tertiary/aromatic N) is 4. The first-order valence-corrected chi connectivity index (χ1v) is 7.42. The molecular formula is C15H15N5O3. The fourth-order valence-electron chi connectivity index (χ4n) is 2.70. The zero-order chi connectivity index (χ0) is 15.6. The van der Waals surface area contributed by atoms with Crippen molar-refractivity contribution in [3.05, 3.63) is 36.3 Å². The van der Waals surface area contributed by atoms with Gasteiger partial charge in [0.05, 0.1) is 12.9 Å². The smallest absolute Gasteiger partial charge is 0.185 e. The largest absolute Gasteiger partial charge is 0.456 e. The van der Waals surface area contributed by atoms with Crippen molar-refractivity contribution in [2.24, 2.45) is 0 Å². The van der Waals surface area contributed by atoms with Gasteiger partial charge in [0.25, 0.3) is 0 Å². The van der Waals surface area contributed by atoms with Crippen molar-refractivity contribution in [3.63, 3.8) is 0 Å². The maximum absolute atomic E-state index is 10.6. The molecule has 0 amide bonds. The van der Waals surface area contributed by atoms with Crippen LogP contribution in [0.5, 0.6) is 0 Å². The number of hydrogen-bond acceptors (Lipinski definition) is 7. The summed E-state index contributed by atoms with van der Waals surface area (Å²) in [6.07, 6.45) is 5.89. The number of carbonyl (C=O) groups is 1. The topological polar surface area (TPSA) is 95.1 Å². The van der Waals surface area contributed by atoms with Crippen LogP contribution in [0.1, 0.15) is 35.4 Å². The van der Waals surface area contributed by atoms with Crippen molar-refractivity contribution in [2.75, 3.05) is 11.9 Å². The van der Waals surface area contributed by atoms with Gasteiger partial charge in [0.2, 0.25) is 0 Å². The Morgan fingerprint density at radius 1 is 1.35 bits per heavy atom. The van der Waals surface area contributed by atoms with E-state index in [1.54, 1.807) is 18.5 Å². The Kier molecular flexibility index (Phi) is 3.51. The number of rotatable bonds is 5. The number of nitrogens with one attached hydrogen (secondary N) is 1. The van der Waals surface area contributed by atoms with Crippen molar-refractivity contribution in [3.8, 4) is 0 Å². The molecule has 0 spiro atoms. The van der Waals surface area contributed by atoms with E-state index in [2.05, 4.69) is 20.3 Å². The molecule has 1 aliphatic rings. The first-order valence-electron chi connectivity index (χ1n) is 7.42. The minimum atomic E-state index is -0.0111. The molecule has 4 rings (SSSR count). The predicted octanol–water partition coefficient (Wildman–Crippen LogP) is 2.15. The van der Waals surface area contributed by atoms with Crippen molar-refractivity contribution in [1.82, 2.24) is 19.5 Å². The first kappa shape index (κ1) is 13.9. The van der Waals surface area contributed by atoms with Gasteiger partial charge in [-0.25, -0.2) is 15.0 Å². The summed E-state index contributed by atoms with van der Waals surface area (Å²) < 4.78 is 13.0. The van der Waals surface area contributed by atoms with Crippen LogP contribution in [0.4, 0.5) is 5.82 Å². The standard InChI is InChI=1S/C15H15N5O3/c21-7-11-4-3-10(23-11)6-16-14-13-15(18-8-17-14)20(9-19-13)12-2-1-5-22-12/h3-4,7-9,12H,1-2,5-6H2,(H,16,17,18). The molecule has 0 radical (unpaired) electrons. The van der Waals surface area contributed by atoms with E-state index in [0.717, 1.165) is 25.1 Å². The van der Waals surface area contributed by atoms with Crippen LogP contribution in [-0.4, -0.2) is 32.4 Å². The summed E-state index contributed by atoms with van der Waals surface area (Å²) in [5.41, 5.74) is 1.42. The van der Waals surface area contributed by atoms with Crippen LogP contribution in [0.3, 0.4) is 0 Å². The molecule has 8 nitrogen and oxygen atoms in total. The average Bonchev–Trinajstić information content (AvgIpc) is 3.31. The lowest BCUT2D eigenvalue weighted by Gasteiger charge is -2.11. The fourth-order valence-corrected chi connectivity index (χ4v) is 2.70. The van der Waals surface area contributed by atoms with E-state index < -0.39 is 0 Å². The summed E-state index contributed by atoms with van der Waals surface area (Å²) in [4.78, 5) is 23.6. The Balaban J connectivity index is 1.58. The normalized spacial score (nSPS) is 17.7. The van der Waals surface area contributed by atoms with E-state index in [1.807, 2.05) is 4.57 Å². The number of ether oxygens (including phenoxy) is 1. The Hall–Kier alpha value is -2.74. The minimum Gasteiger partial charge on any atom is -0.456 e. The second-order valence-corrected chi connectivity index (χ2v) is 5.29. The molecule has 0 bridgehead atoms. The van der Waals surface area contributed by atoms with E-state index in [9.17, 15) is 4.79 Å². The van der Waals surface area contributed by atoms with Crippen LogP contribution in [0.15, 0.2) is 29.2 Å². The fraction of sp³-hybridized carbons (Fsp3) is 0.333. The predicted molar refractivity (Wildman–Crippen MR) is 81.0 cm³/mol. The van der Waals surface area contributed by atoms with Gasteiger partial charge in [0.15, 0.2) is 29.0 Å². The van der Waals surface area contributed by atoms with E-state index in [4.69, 9.17) is 9.15 Å². The summed E-state index contributed by atoms with van der Waals surface area (Å²) >= 11 is 0. The molecule has 8 heteroatoms. The van der Waals surface area contributed by atoms with Gasteiger partial charge in [-0.15, -0.1) is 0 Å². The monoisotopic (exact) mass is 313 g/mol. The lowest BCUT2D eigenvalue weighted by molar-refractivity contribution is 0.0593. The van der Waals surface area contributed by atoms with Crippen LogP contribution in [0.25, 0.3) is 11.2 Å². The van der Waals surface area contributed by atoms with Gasteiger partial charge in [-0.3, -0.25) is 9.36 Å². The van der Waals surface area contributed by atoms with Crippen LogP contribution in [0.2, 0.25) is 0 Å². The van der Waals surface area contributed by atoms with Gasteiger partial charge in [-0.05, 0) is 25.0 Å². The molecule has 1 saturated heterocycles. The average molecular weight is 313 g/mol. The Labute approximate surface area is 131 Å². The number of carbonyl (C=O) groups excluding carboxylic acids is 1. The number of fused-ring (bicyclic) bond motifs is 1. The Morgan fingerprint density at radius 2 is 2.30 bits per heavy atom. The molecule has 4 heterocycles. The molecule has 118 valence electrons. The zero-order valence-electron chi connectivity index (χ0n) is 12.3. The van der Waals surface area contributed by atoms with Crippen LogP contribution < -0.4 is 5.32 Å². The van der Waals surface area contributed by atoms with E-state index in [0.29, 0.717) is 35.7 Å². The molecule has 23 heavy (non-hydrogen) atoms. The molecule has 3 aromatic heterocycles. The van der Waals surface area contributed by atoms with E-state index in [1.165, 1.54) is 6.33 Å². The molecule has 1 fully saturated rings. The van der Waals surface area contributed by atoms with Crippen LogP contribution >= 0.6 is 0 Å². The third kappa shape index (κ3) is 2.57. The van der Waals surface area contributed by atoms with Gasteiger partial charge >= 0.3 is 0 Å². The van der Waals surface area contributed by atoms with Crippen molar-refractivity contribution >= 4 is 23.3 Å². The third-order valence-corrected chi connectivity index (χ3v) is 3.80. The maximum atomic E-state index is 10.6. The number of hydrogen-bond donors (Lipinski definition) is 1. The first-order chi connectivity index (χ1) is 11.3.